The molecule has 0 radical (unpaired) electrons. The molecule has 116 valence electrons. The number of carbonyl (C=O) groups is 3. The van der Waals surface area contributed by atoms with Gasteiger partial charge in [-0.05, 0) is 39.3 Å². The summed E-state index contributed by atoms with van der Waals surface area (Å²) < 4.78 is 0. The van der Waals surface area contributed by atoms with Crippen LogP contribution in [0.2, 0.25) is 0 Å². The van der Waals surface area contributed by atoms with Gasteiger partial charge < -0.3 is 15.3 Å². The number of Topliss-reactive ketones (excluding diaryl/α,β-unsaturated/α-hetero) is 2. The minimum Gasteiger partial charge on any atom is -0.366 e. The number of carbonyl (C=O) groups excluding carboxylic acids is 3. The lowest BCUT2D eigenvalue weighted by atomic mass is 10.2. The number of benzene rings is 1. The van der Waals surface area contributed by atoms with Gasteiger partial charge in [-0.1, -0.05) is 49.6 Å². The Bertz CT molecular complexity index is 417. The largest absolute Gasteiger partial charge is 0.366 e. The molecule has 0 aliphatic carbocycles. The van der Waals surface area contributed by atoms with Crippen molar-refractivity contribution in [2.24, 2.45) is 5.73 Å². The van der Waals surface area contributed by atoms with Crippen molar-refractivity contribution < 1.29 is 14.4 Å². The number of amides is 1. The zero-order chi connectivity index (χ0) is 17.3. The summed E-state index contributed by atoms with van der Waals surface area (Å²) in [6.07, 6.45) is 2.89. The summed E-state index contributed by atoms with van der Waals surface area (Å²) in [5, 5.41) is 0. The van der Waals surface area contributed by atoms with Crippen LogP contribution in [-0.2, 0) is 14.4 Å². The average molecular weight is 291 g/mol. The number of ketones is 2. The Balaban J connectivity index is -0.000000219. The molecule has 0 unspecified atom stereocenters. The van der Waals surface area contributed by atoms with E-state index in [0.717, 1.165) is 6.08 Å². The highest BCUT2D eigenvalue weighted by molar-refractivity contribution is 5.84. The smallest absolute Gasteiger partial charge is 0.240 e. The second kappa shape index (κ2) is 17.5. The normalized spacial score (nSPS) is 7.24. The van der Waals surface area contributed by atoms with E-state index in [-0.39, 0.29) is 11.6 Å². The molecule has 0 fully saturated rings. The molecule has 0 spiro atoms. The minimum atomic E-state index is -0.481. The lowest BCUT2D eigenvalue weighted by Gasteiger charge is -1.85. The van der Waals surface area contributed by atoms with E-state index in [1.54, 1.807) is 0 Å². The second-order valence-corrected chi connectivity index (χ2v) is 4.04. The number of nitrogens with two attached hydrogens (primary N) is 1. The fourth-order valence-electron chi connectivity index (χ4n) is 0.589. The van der Waals surface area contributed by atoms with Gasteiger partial charge in [0.2, 0.25) is 5.91 Å². The Hall–Kier alpha value is -2.49. The first-order valence-corrected chi connectivity index (χ1v) is 6.21. The van der Waals surface area contributed by atoms with Gasteiger partial charge in [0.1, 0.15) is 11.6 Å². The molecule has 1 aromatic carbocycles. The van der Waals surface area contributed by atoms with Gasteiger partial charge >= 0.3 is 0 Å². The molecule has 0 atom stereocenters. The van der Waals surface area contributed by atoms with Gasteiger partial charge in [0.05, 0.1) is 0 Å². The molecule has 0 saturated heterocycles. The third kappa shape index (κ3) is 46.6. The fourth-order valence-corrected chi connectivity index (χ4v) is 0.589. The molecule has 0 saturated carbocycles. The van der Waals surface area contributed by atoms with Crippen LogP contribution in [0.1, 0.15) is 33.3 Å². The summed E-state index contributed by atoms with van der Waals surface area (Å²) in [4.78, 5) is 28.4. The van der Waals surface area contributed by atoms with Gasteiger partial charge in [-0.3, -0.25) is 4.79 Å². The van der Waals surface area contributed by atoms with Crippen molar-refractivity contribution >= 4 is 23.5 Å². The maximum Gasteiger partial charge on any atom is 0.240 e. The van der Waals surface area contributed by atoms with E-state index in [2.05, 4.69) is 18.9 Å². The van der Waals surface area contributed by atoms with Crippen LogP contribution in [0.3, 0.4) is 0 Å². The molecule has 0 heterocycles. The molecular weight excluding hydrogens is 266 g/mol. The third-order valence-corrected chi connectivity index (χ3v) is 1.24. The van der Waals surface area contributed by atoms with Crippen LogP contribution in [0.5, 0.6) is 0 Å². The van der Waals surface area contributed by atoms with Gasteiger partial charge in [-0.25, -0.2) is 0 Å². The highest BCUT2D eigenvalue weighted by atomic mass is 16.1. The summed E-state index contributed by atoms with van der Waals surface area (Å²) in [7, 11) is 0. The van der Waals surface area contributed by atoms with Crippen molar-refractivity contribution in [1.82, 2.24) is 0 Å². The van der Waals surface area contributed by atoms with Gasteiger partial charge in [-0.15, -0.1) is 0 Å². The Kier molecular flexibility index (Phi) is 19.7. The number of primary amides is 1. The molecule has 4 nitrogen and oxygen atoms in total. The zero-order valence-electron chi connectivity index (χ0n) is 13.3. The van der Waals surface area contributed by atoms with Crippen molar-refractivity contribution in [1.29, 1.82) is 0 Å². The first-order chi connectivity index (χ1) is 9.67. The zero-order valence-corrected chi connectivity index (χ0v) is 13.3. The molecule has 1 rings (SSSR count). The maximum atomic E-state index is 9.47. The molecule has 0 aromatic heterocycles. The van der Waals surface area contributed by atoms with Crippen LogP contribution < -0.4 is 5.73 Å². The van der Waals surface area contributed by atoms with Crippen LogP contribution in [0.25, 0.3) is 6.08 Å². The van der Waals surface area contributed by atoms with Crippen LogP contribution in [0.4, 0.5) is 0 Å². The lowest BCUT2D eigenvalue weighted by molar-refractivity contribution is -0.115. The summed E-state index contributed by atoms with van der Waals surface area (Å²) in [5.41, 5.74) is 5.71. The Labute approximate surface area is 127 Å². The third-order valence-electron chi connectivity index (χ3n) is 1.24. The van der Waals surface area contributed by atoms with E-state index in [9.17, 15) is 14.4 Å². The molecular formula is C17H25NO3. The van der Waals surface area contributed by atoms with E-state index < -0.39 is 5.91 Å². The average Bonchev–Trinajstić information content (AvgIpc) is 2.39. The Morgan fingerprint density at radius 1 is 0.905 bits per heavy atom. The van der Waals surface area contributed by atoms with Crippen LogP contribution in [0.15, 0.2) is 49.6 Å². The topological polar surface area (TPSA) is 77.2 Å². The first kappa shape index (κ1) is 23.6. The Morgan fingerprint density at radius 3 is 1.33 bits per heavy atom. The van der Waals surface area contributed by atoms with E-state index in [1.165, 1.54) is 33.3 Å². The molecule has 4 heteroatoms. The number of hydrogen-bond donors (Lipinski definition) is 1. The van der Waals surface area contributed by atoms with Crippen LogP contribution in [-0.4, -0.2) is 17.5 Å². The van der Waals surface area contributed by atoms with Crippen molar-refractivity contribution in [3.8, 4) is 0 Å². The number of hydrogen-bond acceptors (Lipinski definition) is 3. The minimum absolute atomic E-state index is 0.167. The summed E-state index contributed by atoms with van der Waals surface area (Å²) in [5.74, 6) is -0.148. The van der Waals surface area contributed by atoms with Crippen molar-refractivity contribution in [2.45, 2.75) is 27.7 Å². The molecule has 0 aliphatic rings. The molecule has 1 amide bonds. The predicted octanol–water partition coefficient (Wildman–Crippen LogP) is 3.18. The molecule has 21 heavy (non-hydrogen) atoms. The predicted molar refractivity (Wildman–Crippen MR) is 88.6 cm³/mol. The van der Waals surface area contributed by atoms with Gasteiger partial charge in [0.15, 0.2) is 0 Å². The van der Waals surface area contributed by atoms with Crippen molar-refractivity contribution in [3.63, 3.8) is 0 Å². The van der Waals surface area contributed by atoms with E-state index in [0.29, 0.717) is 0 Å². The summed E-state index contributed by atoms with van der Waals surface area (Å²) in [6, 6.07) is 10.0. The van der Waals surface area contributed by atoms with Crippen molar-refractivity contribution in [3.05, 3.63) is 55.1 Å². The quantitative estimate of drug-likeness (QED) is 0.850. The first-order valence-electron chi connectivity index (χ1n) is 6.21. The van der Waals surface area contributed by atoms with Gasteiger partial charge in [-0.2, -0.15) is 0 Å². The molecule has 0 bridgehead atoms. The lowest BCUT2D eigenvalue weighted by Crippen LogP contribution is -2.04. The summed E-state index contributed by atoms with van der Waals surface area (Å²) >= 11 is 0. The fraction of sp³-hybridized carbons (Fsp3) is 0.235. The highest BCUT2D eigenvalue weighted by Gasteiger charge is 1.75. The van der Waals surface area contributed by atoms with E-state index >= 15 is 0 Å². The monoisotopic (exact) mass is 291 g/mol. The Morgan fingerprint density at radius 2 is 1.19 bits per heavy atom. The standard InChI is InChI=1S/C8H8.C3H5NO.2C3H6O/c1-2-8-6-4-3-5-7-8;1-2-3(4)5;2*1-3(2)4/h2-7H,1H2;2H,1H2,(H2,4,5);2*1-2H3. The highest BCUT2D eigenvalue weighted by Crippen LogP contribution is 1.97. The maximum absolute atomic E-state index is 9.47. The van der Waals surface area contributed by atoms with Crippen LogP contribution >= 0.6 is 0 Å². The van der Waals surface area contributed by atoms with E-state index in [4.69, 9.17) is 0 Å². The van der Waals surface area contributed by atoms with E-state index in [1.807, 2.05) is 36.4 Å². The van der Waals surface area contributed by atoms with Gasteiger partial charge in [0, 0.05) is 0 Å². The number of rotatable bonds is 2. The van der Waals surface area contributed by atoms with Crippen molar-refractivity contribution in [2.75, 3.05) is 0 Å². The van der Waals surface area contributed by atoms with Gasteiger partial charge in [0.25, 0.3) is 0 Å². The second-order valence-electron chi connectivity index (χ2n) is 4.04. The summed E-state index contributed by atoms with van der Waals surface area (Å²) in [6.45, 7) is 12.8. The van der Waals surface area contributed by atoms with Crippen LogP contribution in [0, 0.1) is 0 Å². The molecule has 2 N–H and O–H groups in total. The SMILES string of the molecule is C=CC(N)=O.C=Cc1ccccc1.CC(C)=O.CC(C)=O. The molecule has 1 aromatic rings. The molecule has 0 aliphatic heterocycles.